The predicted molar refractivity (Wildman–Crippen MR) is 78.6 cm³/mol. The van der Waals surface area contributed by atoms with Gasteiger partial charge in [-0.3, -0.25) is 9.78 Å². The molecule has 1 heterocycles. The van der Waals surface area contributed by atoms with E-state index in [1.807, 2.05) is 12.1 Å². The van der Waals surface area contributed by atoms with E-state index in [4.69, 9.17) is 10.5 Å². The van der Waals surface area contributed by atoms with Gasteiger partial charge in [-0.1, -0.05) is 6.07 Å². The van der Waals surface area contributed by atoms with Gasteiger partial charge in [0.15, 0.2) is 0 Å². The molecule has 2 aromatic rings. The average Bonchev–Trinajstić information content (AvgIpc) is 2.46. The lowest BCUT2D eigenvalue weighted by atomic mass is 10.1. The zero-order valence-electron chi connectivity index (χ0n) is 11.3. The molecule has 0 spiro atoms. The third-order valence-electron chi connectivity index (χ3n) is 2.88. The maximum Gasteiger partial charge on any atom is 0.224 e. The summed E-state index contributed by atoms with van der Waals surface area (Å²) in [7, 11) is 1.55. The number of nitrogens with one attached hydrogen (secondary N) is 1. The number of aromatic nitrogens is 1. The number of amides is 1. The Morgan fingerprint density at radius 2 is 2.25 bits per heavy atom. The normalized spacial score (nSPS) is 10.1. The van der Waals surface area contributed by atoms with Crippen LogP contribution in [0.25, 0.3) is 0 Å². The van der Waals surface area contributed by atoms with Crippen molar-refractivity contribution in [1.29, 1.82) is 0 Å². The Bertz CT molecular complexity index is 585. The molecule has 0 radical (unpaired) electrons. The van der Waals surface area contributed by atoms with Crippen LogP contribution in [0.1, 0.15) is 12.0 Å². The van der Waals surface area contributed by atoms with Gasteiger partial charge in [0.25, 0.3) is 0 Å². The number of pyridine rings is 1. The summed E-state index contributed by atoms with van der Waals surface area (Å²) in [5.41, 5.74) is 7.99. The molecule has 5 nitrogen and oxygen atoms in total. The Balaban J connectivity index is 1.90. The van der Waals surface area contributed by atoms with E-state index in [-0.39, 0.29) is 5.91 Å². The van der Waals surface area contributed by atoms with E-state index in [9.17, 15) is 4.79 Å². The fourth-order valence-corrected chi connectivity index (χ4v) is 1.84. The lowest BCUT2D eigenvalue weighted by molar-refractivity contribution is -0.116. The Kier molecular flexibility index (Phi) is 4.55. The van der Waals surface area contributed by atoms with Crippen molar-refractivity contribution in [2.24, 2.45) is 0 Å². The fraction of sp³-hybridized carbons (Fsp3) is 0.200. The molecule has 1 amide bonds. The van der Waals surface area contributed by atoms with E-state index < -0.39 is 0 Å². The van der Waals surface area contributed by atoms with Crippen molar-refractivity contribution >= 4 is 17.3 Å². The molecule has 2 rings (SSSR count). The van der Waals surface area contributed by atoms with Crippen molar-refractivity contribution in [2.75, 3.05) is 18.2 Å². The first-order valence-corrected chi connectivity index (χ1v) is 6.31. The van der Waals surface area contributed by atoms with Crippen molar-refractivity contribution in [1.82, 2.24) is 4.98 Å². The number of hydrogen-bond acceptors (Lipinski definition) is 4. The van der Waals surface area contributed by atoms with Gasteiger partial charge >= 0.3 is 0 Å². The molecule has 5 heteroatoms. The van der Waals surface area contributed by atoms with Crippen molar-refractivity contribution in [3.05, 3.63) is 48.3 Å². The molecule has 0 fully saturated rings. The van der Waals surface area contributed by atoms with Crippen LogP contribution in [0.5, 0.6) is 5.75 Å². The van der Waals surface area contributed by atoms with Crippen LogP contribution in [0.15, 0.2) is 42.7 Å². The van der Waals surface area contributed by atoms with Crippen LogP contribution < -0.4 is 15.8 Å². The molecule has 0 aliphatic heterocycles. The van der Waals surface area contributed by atoms with Gasteiger partial charge in [-0.25, -0.2) is 0 Å². The second kappa shape index (κ2) is 6.56. The van der Waals surface area contributed by atoms with Gasteiger partial charge in [-0.15, -0.1) is 0 Å². The number of carbonyl (C=O) groups is 1. The lowest BCUT2D eigenvalue weighted by Gasteiger charge is -2.08. The second-order valence-electron chi connectivity index (χ2n) is 4.37. The van der Waals surface area contributed by atoms with Crippen molar-refractivity contribution in [3.63, 3.8) is 0 Å². The van der Waals surface area contributed by atoms with E-state index >= 15 is 0 Å². The highest BCUT2D eigenvalue weighted by Gasteiger charge is 2.05. The molecule has 0 atom stereocenters. The van der Waals surface area contributed by atoms with Gasteiger partial charge < -0.3 is 15.8 Å². The van der Waals surface area contributed by atoms with Gasteiger partial charge in [-0.05, 0) is 36.2 Å². The van der Waals surface area contributed by atoms with E-state index in [1.54, 1.807) is 37.7 Å². The average molecular weight is 271 g/mol. The molecular weight excluding hydrogens is 254 g/mol. The number of benzene rings is 1. The van der Waals surface area contributed by atoms with Crippen LogP contribution in [-0.4, -0.2) is 18.0 Å². The van der Waals surface area contributed by atoms with Crippen LogP contribution >= 0.6 is 0 Å². The minimum atomic E-state index is -0.0570. The highest BCUT2D eigenvalue weighted by atomic mass is 16.5. The first-order valence-electron chi connectivity index (χ1n) is 6.31. The Morgan fingerprint density at radius 3 is 2.90 bits per heavy atom. The van der Waals surface area contributed by atoms with Gasteiger partial charge in [0.1, 0.15) is 5.75 Å². The summed E-state index contributed by atoms with van der Waals surface area (Å²) in [4.78, 5) is 15.9. The SMILES string of the molecule is COc1ccc(NC(=O)CCc2cccnc2)cc1N. The Hall–Kier alpha value is -2.56. The second-order valence-corrected chi connectivity index (χ2v) is 4.37. The van der Waals surface area contributed by atoms with Crippen LogP contribution in [0, 0.1) is 0 Å². The third kappa shape index (κ3) is 3.71. The molecular formula is C15H17N3O2. The molecule has 104 valence electrons. The Morgan fingerprint density at radius 1 is 1.40 bits per heavy atom. The number of ether oxygens (including phenoxy) is 1. The predicted octanol–water partition coefficient (Wildman–Crippen LogP) is 2.24. The summed E-state index contributed by atoms with van der Waals surface area (Å²) in [6.07, 6.45) is 4.53. The first-order chi connectivity index (χ1) is 9.69. The molecule has 0 aliphatic carbocycles. The van der Waals surface area contributed by atoms with Crippen LogP contribution in [-0.2, 0) is 11.2 Å². The summed E-state index contributed by atoms with van der Waals surface area (Å²) in [6, 6.07) is 8.98. The van der Waals surface area contributed by atoms with Crippen molar-refractivity contribution in [2.45, 2.75) is 12.8 Å². The largest absolute Gasteiger partial charge is 0.495 e. The Labute approximate surface area is 117 Å². The third-order valence-corrected chi connectivity index (χ3v) is 2.88. The standard InChI is InChI=1S/C15H17N3O2/c1-20-14-6-5-12(9-13(14)16)18-15(19)7-4-11-3-2-8-17-10-11/h2-3,5-6,8-10H,4,7,16H2,1H3,(H,18,19). The van der Waals surface area contributed by atoms with Crippen LogP contribution in [0.3, 0.4) is 0 Å². The van der Waals surface area contributed by atoms with Crippen LogP contribution in [0.4, 0.5) is 11.4 Å². The number of methoxy groups -OCH3 is 1. The van der Waals surface area contributed by atoms with Gasteiger partial charge in [0, 0.05) is 24.5 Å². The minimum absolute atomic E-state index is 0.0570. The summed E-state index contributed by atoms with van der Waals surface area (Å²) in [5.74, 6) is 0.539. The number of rotatable bonds is 5. The number of nitrogen functional groups attached to an aromatic ring is 1. The molecule has 1 aromatic carbocycles. The molecule has 0 saturated carbocycles. The van der Waals surface area contributed by atoms with Crippen molar-refractivity contribution in [3.8, 4) is 5.75 Å². The topological polar surface area (TPSA) is 77.2 Å². The van der Waals surface area contributed by atoms with Gasteiger partial charge in [0.2, 0.25) is 5.91 Å². The molecule has 0 bridgehead atoms. The zero-order chi connectivity index (χ0) is 14.4. The van der Waals surface area contributed by atoms with Crippen LogP contribution in [0.2, 0.25) is 0 Å². The van der Waals surface area contributed by atoms with Crippen molar-refractivity contribution < 1.29 is 9.53 Å². The molecule has 0 saturated heterocycles. The first kappa shape index (κ1) is 13.9. The molecule has 0 aliphatic rings. The highest BCUT2D eigenvalue weighted by Crippen LogP contribution is 2.24. The summed E-state index contributed by atoms with van der Waals surface area (Å²) >= 11 is 0. The zero-order valence-corrected chi connectivity index (χ0v) is 11.3. The maximum atomic E-state index is 11.8. The summed E-state index contributed by atoms with van der Waals surface area (Å²) < 4.78 is 5.07. The fourth-order valence-electron chi connectivity index (χ4n) is 1.84. The number of anilines is 2. The van der Waals surface area contributed by atoms with E-state index in [0.29, 0.717) is 30.0 Å². The highest BCUT2D eigenvalue weighted by molar-refractivity contribution is 5.91. The smallest absolute Gasteiger partial charge is 0.224 e. The number of hydrogen-bond donors (Lipinski definition) is 2. The number of carbonyl (C=O) groups excluding carboxylic acids is 1. The van der Waals surface area contributed by atoms with E-state index in [0.717, 1.165) is 5.56 Å². The molecule has 0 unspecified atom stereocenters. The van der Waals surface area contributed by atoms with Gasteiger partial charge in [0.05, 0.1) is 12.8 Å². The molecule has 3 N–H and O–H groups in total. The number of nitrogens with zero attached hydrogens (tertiary/aromatic N) is 1. The molecule has 1 aromatic heterocycles. The lowest BCUT2D eigenvalue weighted by Crippen LogP contribution is -2.12. The van der Waals surface area contributed by atoms with Gasteiger partial charge in [-0.2, -0.15) is 0 Å². The number of aryl methyl sites for hydroxylation is 1. The maximum absolute atomic E-state index is 11.8. The summed E-state index contributed by atoms with van der Waals surface area (Å²) in [5, 5.41) is 2.81. The van der Waals surface area contributed by atoms with E-state index in [2.05, 4.69) is 10.3 Å². The molecule has 20 heavy (non-hydrogen) atoms. The summed E-state index contributed by atoms with van der Waals surface area (Å²) in [6.45, 7) is 0. The quantitative estimate of drug-likeness (QED) is 0.818. The monoisotopic (exact) mass is 271 g/mol. The minimum Gasteiger partial charge on any atom is -0.495 e. The van der Waals surface area contributed by atoms with E-state index in [1.165, 1.54) is 0 Å². The number of nitrogens with two attached hydrogens (primary N) is 1.